The van der Waals surface area contributed by atoms with Crippen molar-refractivity contribution in [1.29, 1.82) is 0 Å². The predicted octanol–water partition coefficient (Wildman–Crippen LogP) is -0.278. The molecule has 3 heteroatoms. The van der Waals surface area contributed by atoms with Crippen molar-refractivity contribution < 1.29 is 9.53 Å². The molecule has 0 aromatic rings. The summed E-state index contributed by atoms with van der Waals surface area (Å²) in [6.07, 6.45) is 1.12. The van der Waals surface area contributed by atoms with Crippen LogP contribution in [0.1, 0.15) is 13.3 Å². The van der Waals surface area contributed by atoms with Gasteiger partial charge in [-0.15, -0.1) is 0 Å². The number of rotatable bonds is 1. The second kappa shape index (κ2) is 2.52. The molecule has 0 amide bonds. The quantitative estimate of drug-likeness (QED) is 0.374. The zero-order valence-electron chi connectivity index (χ0n) is 5.89. The molecular weight excluding hydrogens is 132 g/mol. The molecule has 0 aromatic carbocycles. The lowest BCUT2D eigenvalue weighted by Gasteiger charge is -1.95. The lowest BCUT2D eigenvalue weighted by Crippen LogP contribution is -2.05. The molecular formula is C6H12O2Si. The highest BCUT2D eigenvalue weighted by atomic mass is 28.1. The van der Waals surface area contributed by atoms with Gasteiger partial charge in [-0.2, -0.15) is 0 Å². The minimum atomic E-state index is 0.0255. The smallest absolute Gasteiger partial charge is 0.309 e. The standard InChI is InChI=1S/C6H12O2Si/c1-4-2-5(3-9)6(7)8-4/h4-5H,2-3H2,1,9H3. The molecule has 52 valence electrons. The van der Waals surface area contributed by atoms with Crippen LogP contribution in [0.25, 0.3) is 0 Å². The van der Waals surface area contributed by atoms with E-state index in [4.69, 9.17) is 4.74 Å². The van der Waals surface area contributed by atoms with Crippen molar-refractivity contribution in [2.24, 2.45) is 5.92 Å². The largest absolute Gasteiger partial charge is 0.462 e. The van der Waals surface area contributed by atoms with Crippen molar-refractivity contribution in [2.75, 3.05) is 0 Å². The molecule has 0 N–H and O–H groups in total. The Morgan fingerprint density at radius 2 is 2.56 bits per heavy atom. The zero-order valence-corrected chi connectivity index (χ0v) is 7.89. The zero-order chi connectivity index (χ0) is 6.85. The summed E-state index contributed by atoms with van der Waals surface area (Å²) in [5.41, 5.74) is 0. The van der Waals surface area contributed by atoms with Gasteiger partial charge in [0.1, 0.15) is 0 Å². The summed E-state index contributed by atoms with van der Waals surface area (Å²) >= 11 is 0. The Kier molecular flexibility index (Phi) is 1.90. The van der Waals surface area contributed by atoms with E-state index in [1.807, 2.05) is 6.92 Å². The fraction of sp³-hybridized carbons (Fsp3) is 0.833. The van der Waals surface area contributed by atoms with Crippen molar-refractivity contribution in [3.05, 3.63) is 0 Å². The first-order valence-corrected chi connectivity index (χ1v) is 4.86. The summed E-state index contributed by atoms with van der Waals surface area (Å²) in [5, 5.41) is 0. The summed E-state index contributed by atoms with van der Waals surface area (Å²) in [7, 11) is 1.11. The maximum absolute atomic E-state index is 10.8. The van der Waals surface area contributed by atoms with Crippen LogP contribution in [-0.2, 0) is 9.53 Å². The summed E-state index contributed by atoms with van der Waals surface area (Å²) in [6.45, 7) is 1.95. The molecule has 2 nitrogen and oxygen atoms in total. The number of ether oxygens (including phenoxy) is 1. The molecule has 1 heterocycles. The molecule has 0 bridgehead atoms. The highest BCUT2D eigenvalue weighted by molar-refractivity contribution is 6.10. The molecule has 1 aliphatic rings. The second-order valence-electron chi connectivity index (χ2n) is 2.59. The fourth-order valence-corrected chi connectivity index (χ4v) is 1.84. The van der Waals surface area contributed by atoms with Crippen LogP contribution in [0.2, 0.25) is 6.04 Å². The molecule has 1 saturated heterocycles. The van der Waals surface area contributed by atoms with Gasteiger partial charge in [-0.3, -0.25) is 4.79 Å². The molecule has 0 aromatic heterocycles. The van der Waals surface area contributed by atoms with E-state index in [1.165, 1.54) is 0 Å². The third-order valence-corrected chi connectivity index (χ3v) is 2.75. The molecule has 1 rings (SSSR count). The third-order valence-electron chi connectivity index (χ3n) is 1.76. The number of carbonyl (C=O) groups is 1. The maximum atomic E-state index is 10.8. The first-order valence-electron chi connectivity index (χ1n) is 3.44. The van der Waals surface area contributed by atoms with Gasteiger partial charge in [0.2, 0.25) is 0 Å². The van der Waals surface area contributed by atoms with Crippen LogP contribution in [-0.4, -0.2) is 22.3 Å². The summed E-state index contributed by atoms with van der Waals surface area (Å²) in [4.78, 5) is 10.8. The van der Waals surface area contributed by atoms with E-state index in [-0.39, 0.29) is 18.0 Å². The van der Waals surface area contributed by atoms with Gasteiger partial charge in [0.25, 0.3) is 0 Å². The van der Waals surface area contributed by atoms with Gasteiger partial charge in [0, 0.05) is 10.2 Å². The Morgan fingerprint density at radius 3 is 2.78 bits per heavy atom. The lowest BCUT2D eigenvalue weighted by molar-refractivity contribution is -0.143. The number of hydrogen-bond donors (Lipinski definition) is 0. The van der Waals surface area contributed by atoms with Gasteiger partial charge < -0.3 is 4.74 Å². The number of esters is 1. The van der Waals surface area contributed by atoms with E-state index in [0.717, 1.165) is 22.7 Å². The van der Waals surface area contributed by atoms with E-state index in [0.29, 0.717) is 0 Å². The average molecular weight is 144 g/mol. The Hall–Kier alpha value is -0.313. The molecule has 2 atom stereocenters. The van der Waals surface area contributed by atoms with E-state index < -0.39 is 0 Å². The molecule has 0 spiro atoms. The Labute approximate surface area is 58.0 Å². The molecule has 1 aliphatic heterocycles. The van der Waals surface area contributed by atoms with Crippen LogP contribution < -0.4 is 0 Å². The molecule has 9 heavy (non-hydrogen) atoms. The molecule has 0 aliphatic carbocycles. The Morgan fingerprint density at radius 1 is 1.89 bits per heavy atom. The highest BCUT2D eigenvalue weighted by Gasteiger charge is 2.29. The van der Waals surface area contributed by atoms with E-state index in [1.54, 1.807) is 0 Å². The molecule has 2 unspecified atom stereocenters. The Balaban J connectivity index is 2.48. The van der Waals surface area contributed by atoms with Crippen LogP contribution in [0, 0.1) is 5.92 Å². The van der Waals surface area contributed by atoms with Crippen LogP contribution in [0.4, 0.5) is 0 Å². The van der Waals surface area contributed by atoms with Gasteiger partial charge in [-0.05, 0) is 13.3 Å². The summed E-state index contributed by atoms with van der Waals surface area (Å²) < 4.78 is 4.95. The van der Waals surface area contributed by atoms with Gasteiger partial charge in [-0.25, -0.2) is 0 Å². The first-order chi connectivity index (χ1) is 4.24. The molecule has 1 fully saturated rings. The van der Waals surface area contributed by atoms with Crippen molar-refractivity contribution >= 4 is 16.2 Å². The first kappa shape index (κ1) is 6.80. The summed E-state index contributed by atoms with van der Waals surface area (Å²) in [6, 6.07) is 1.06. The second-order valence-corrected chi connectivity index (χ2v) is 3.40. The van der Waals surface area contributed by atoms with Crippen LogP contribution in [0.3, 0.4) is 0 Å². The van der Waals surface area contributed by atoms with E-state index in [9.17, 15) is 4.79 Å². The minimum absolute atomic E-state index is 0.0255. The highest BCUT2D eigenvalue weighted by Crippen LogP contribution is 2.22. The fourth-order valence-electron chi connectivity index (χ4n) is 1.17. The summed E-state index contributed by atoms with van der Waals surface area (Å²) in [5.74, 6) is 0.268. The minimum Gasteiger partial charge on any atom is -0.462 e. The molecule has 0 radical (unpaired) electrons. The number of hydrogen-bond acceptors (Lipinski definition) is 2. The predicted molar refractivity (Wildman–Crippen MR) is 38.4 cm³/mol. The Bertz CT molecular complexity index is 124. The van der Waals surface area contributed by atoms with Gasteiger partial charge in [0.05, 0.1) is 12.0 Å². The number of cyclic esters (lactones) is 1. The topological polar surface area (TPSA) is 26.3 Å². The van der Waals surface area contributed by atoms with Crippen molar-refractivity contribution in [2.45, 2.75) is 25.5 Å². The third kappa shape index (κ3) is 1.33. The monoisotopic (exact) mass is 144 g/mol. The van der Waals surface area contributed by atoms with Gasteiger partial charge in [0.15, 0.2) is 0 Å². The van der Waals surface area contributed by atoms with Crippen molar-refractivity contribution in [3.8, 4) is 0 Å². The van der Waals surface area contributed by atoms with E-state index in [2.05, 4.69) is 0 Å². The van der Waals surface area contributed by atoms with Crippen LogP contribution in [0.5, 0.6) is 0 Å². The lowest BCUT2D eigenvalue weighted by atomic mass is 10.1. The van der Waals surface area contributed by atoms with Gasteiger partial charge >= 0.3 is 5.97 Å². The normalized spacial score (nSPS) is 35.0. The maximum Gasteiger partial charge on any atom is 0.309 e. The van der Waals surface area contributed by atoms with Crippen molar-refractivity contribution in [3.63, 3.8) is 0 Å². The number of carbonyl (C=O) groups excluding carboxylic acids is 1. The average Bonchev–Trinajstić information content (AvgIpc) is 2.10. The van der Waals surface area contributed by atoms with E-state index >= 15 is 0 Å². The van der Waals surface area contributed by atoms with Crippen LogP contribution in [0.15, 0.2) is 0 Å². The molecule has 0 saturated carbocycles. The SMILES string of the molecule is CC1CC(C[SiH3])C(=O)O1. The van der Waals surface area contributed by atoms with Crippen LogP contribution >= 0.6 is 0 Å². The van der Waals surface area contributed by atoms with Crippen molar-refractivity contribution in [1.82, 2.24) is 0 Å². The van der Waals surface area contributed by atoms with Gasteiger partial charge in [-0.1, -0.05) is 6.04 Å².